The van der Waals surface area contributed by atoms with Crippen molar-refractivity contribution in [2.24, 2.45) is 28.1 Å². The van der Waals surface area contributed by atoms with Gasteiger partial charge >= 0.3 is 17.9 Å². The molecule has 3 aliphatic carbocycles. The van der Waals surface area contributed by atoms with Crippen molar-refractivity contribution in [1.29, 1.82) is 0 Å². The molecule has 0 unspecified atom stereocenters. The summed E-state index contributed by atoms with van der Waals surface area (Å²) < 4.78 is 31.8. The zero-order valence-electron chi connectivity index (χ0n) is 40.1. The summed E-state index contributed by atoms with van der Waals surface area (Å²) >= 11 is 0. The fourth-order valence-corrected chi connectivity index (χ4v) is 12.2. The highest BCUT2D eigenvalue weighted by atomic mass is 16.6. The first-order chi connectivity index (χ1) is 31.1. The van der Waals surface area contributed by atoms with Crippen LogP contribution in [-0.2, 0) is 42.9 Å². The highest BCUT2D eigenvalue weighted by molar-refractivity contribution is 5.93. The monoisotopic (exact) mass is 914 g/mol. The number of nitrogens with zero attached hydrogens (tertiary/aromatic N) is 1. The molecular formula is C52H70N2O12. The molecule has 2 heterocycles. The summed E-state index contributed by atoms with van der Waals surface area (Å²) in [4.78, 5) is 74.4. The summed E-state index contributed by atoms with van der Waals surface area (Å²) in [5.41, 5.74) is -5.24. The van der Waals surface area contributed by atoms with Crippen LogP contribution in [0.25, 0.3) is 0 Å². The van der Waals surface area contributed by atoms with Crippen molar-refractivity contribution in [3.63, 3.8) is 0 Å². The Balaban J connectivity index is 1.40. The van der Waals surface area contributed by atoms with Gasteiger partial charge in [0.1, 0.15) is 29.7 Å². The van der Waals surface area contributed by atoms with Crippen LogP contribution < -0.4 is 5.32 Å². The molecular weight excluding hydrogens is 845 g/mol. The van der Waals surface area contributed by atoms with Gasteiger partial charge in [-0.25, -0.2) is 9.59 Å². The Morgan fingerprint density at radius 2 is 1.59 bits per heavy atom. The van der Waals surface area contributed by atoms with Crippen LogP contribution in [0.1, 0.15) is 122 Å². The molecule has 2 aromatic rings. The molecule has 7 rings (SSSR count). The second-order valence-corrected chi connectivity index (χ2v) is 21.3. The first-order valence-corrected chi connectivity index (χ1v) is 23.6. The van der Waals surface area contributed by atoms with E-state index in [2.05, 4.69) is 10.2 Å². The van der Waals surface area contributed by atoms with E-state index in [-0.39, 0.29) is 48.5 Å². The predicted octanol–water partition coefficient (Wildman–Crippen LogP) is 6.07. The molecule has 360 valence electrons. The number of carbonyl (C=O) groups is 5. The number of ketones is 1. The Bertz CT molecular complexity index is 2160. The first kappa shape index (κ1) is 49.4. The highest BCUT2D eigenvalue weighted by Gasteiger charge is 2.78. The van der Waals surface area contributed by atoms with Gasteiger partial charge in [-0.1, -0.05) is 89.6 Å². The van der Waals surface area contributed by atoms with Crippen LogP contribution >= 0.6 is 0 Å². The summed E-state index contributed by atoms with van der Waals surface area (Å²) in [6, 6.07) is 15.8. The number of hydrogen-bond acceptors (Lipinski definition) is 13. The number of Topliss-reactive ketones (excluding diaryl/α,β-unsaturated/α-hetero) is 1. The molecule has 0 radical (unpaired) electrons. The summed E-state index contributed by atoms with van der Waals surface area (Å²) in [6.45, 7) is 16.4. The minimum atomic E-state index is -2.14. The highest BCUT2D eigenvalue weighted by Crippen LogP contribution is 2.65. The SMILES string of the molecule is CO[C@H]1C[C@H]2OC[C@@]2(OC(C)=O)[C@H]2[C@H](OC(=O)c3ccccc3)[C@]3(O)C[C@H](OC(=O)[C@H](O)[C@@H](NC(=O)CC(C)(C)C)c4ccccc4)C(C)=C([C@@H](CCN4CCCCC4)C(=O)[C@]12C)C3(C)C. The number of hydrogen-bond donors (Lipinski definition) is 3. The number of esters is 3. The number of amides is 1. The van der Waals surface area contributed by atoms with Crippen molar-refractivity contribution in [1.82, 2.24) is 10.2 Å². The van der Waals surface area contributed by atoms with Gasteiger partial charge in [0.05, 0.1) is 35.6 Å². The number of benzene rings is 2. The van der Waals surface area contributed by atoms with Crippen LogP contribution in [0, 0.1) is 28.1 Å². The molecule has 14 heteroatoms. The number of rotatable bonds is 13. The molecule has 2 aliphatic heterocycles. The number of carbonyl (C=O) groups excluding carboxylic acids is 5. The summed E-state index contributed by atoms with van der Waals surface area (Å²) in [5, 5.41) is 28.9. The van der Waals surface area contributed by atoms with Crippen LogP contribution in [0.5, 0.6) is 0 Å². The van der Waals surface area contributed by atoms with Crippen LogP contribution in [-0.4, -0.2) is 120 Å². The third-order valence-corrected chi connectivity index (χ3v) is 15.5. The smallest absolute Gasteiger partial charge is 0.338 e. The van der Waals surface area contributed by atoms with Crippen molar-refractivity contribution >= 4 is 29.6 Å². The maximum absolute atomic E-state index is 16.3. The third-order valence-electron chi connectivity index (χ3n) is 15.5. The zero-order valence-corrected chi connectivity index (χ0v) is 40.1. The largest absolute Gasteiger partial charge is 0.456 e. The maximum Gasteiger partial charge on any atom is 0.338 e. The van der Waals surface area contributed by atoms with Crippen molar-refractivity contribution in [2.45, 2.75) is 148 Å². The van der Waals surface area contributed by atoms with Crippen molar-refractivity contribution in [3.05, 3.63) is 82.9 Å². The van der Waals surface area contributed by atoms with Gasteiger partial charge < -0.3 is 44.1 Å². The van der Waals surface area contributed by atoms with Gasteiger partial charge in [0, 0.05) is 44.6 Å². The number of nitrogens with one attached hydrogen (secondary N) is 1. The molecule has 11 atom stereocenters. The van der Waals surface area contributed by atoms with Crippen molar-refractivity contribution < 1.29 is 57.9 Å². The Kier molecular flexibility index (Phi) is 14.2. The van der Waals surface area contributed by atoms with Gasteiger partial charge in [-0.15, -0.1) is 0 Å². The molecule has 66 heavy (non-hydrogen) atoms. The fraction of sp³-hybridized carbons (Fsp3) is 0.635. The Labute approximate surface area is 389 Å². The number of piperidine rings is 1. The van der Waals surface area contributed by atoms with E-state index in [0.717, 1.165) is 32.4 Å². The van der Waals surface area contributed by atoms with E-state index in [1.807, 2.05) is 34.6 Å². The van der Waals surface area contributed by atoms with Gasteiger partial charge in [-0.3, -0.25) is 14.4 Å². The predicted molar refractivity (Wildman–Crippen MR) is 244 cm³/mol. The van der Waals surface area contributed by atoms with Crippen molar-refractivity contribution in [3.8, 4) is 0 Å². The van der Waals surface area contributed by atoms with E-state index >= 15 is 4.79 Å². The average Bonchev–Trinajstić information content (AvgIpc) is 3.26. The molecule has 2 bridgehead atoms. The molecule has 2 saturated heterocycles. The lowest BCUT2D eigenvalue weighted by Gasteiger charge is -2.68. The molecule has 3 N–H and O–H groups in total. The normalized spacial score (nSPS) is 32.8. The van der Waals surface area contributed by atoms with Gasteiger partial charge in [0.25, 0.3) is 0 Å². The Morgan fingerprint density at radius 1 is 0.955 bits per heavy atom. The number of ether oxygens (including phenoxy) is 5. The summed E-state index contributed by atoms with van der Waals surface area (Å²) in [7, 11) is 1.52. The van der Waals surface area contributed by atoms with Crippen molar-refractivity contribution in [2.75, 3.05) is 33.4 Å². The Hall–Kier alpha value is -4.47. The van der Waals surface area contributed by atoms with Crippen LogP contribution in [0.2, 0.25) is 0 Å². The van der Waals surface area contributed by atoms with Crippen LogP contribution in [0.15, 0.2) is 71.8 Å². The summed E-state index contributed by atoms with van der Waals surface area (Å²) in [6.07, 6.45) is -2.86. The van der Waals surface area contributed by atoms with Gasteiger partial charge in [0.2, 0.25) is 5.91 Å². The van der Waals surface area contributed by atoms with E-state index in [1.165, 1.54) is 14.0 Å². The number of fused-ring (bicyclic) bond motifs is 5. The standard InChI is InChI=1S/C52H70N2O12/c1-31-36(64-47(60)42(57)41(33-19-13-10-14-20-33)53-39(56)29-48(3,4)5)28-52(61)45(65-46(59)34-21-15-11-16-22-34)43-50(8,37(62-9)27-38-51(43,30-63-38)66-32(2)55)44(58)35(40(31)49(52,6)7)23-26-54-24-17-12-18-25-54/h10-11,13-16,19-22,35-38,41-43,45,57,61H,12,17-18,23-30H2,1-9H3,(H,53,56)/t35-,36+,37+,38-,41+,42-,43+,45+,50-,51+,52-/m1/s1. The molecule has 0 aromatic heterocycles. The minimum absolute atomic E-state index is 0.120. The topological polar surface area (TPSA) is 187 Å². The zero-order chi connectivity index (χ0) is 48.0. The molecule has 2 aromatic carbocycles. The van der Waals surface area contributed by atoms with E-state index in [9.17, 15) is 29.4 Å². The number of aliphatic hydroxyl groups excluding tert-OH is 1. The van der Waals surface area contributed by atoms with Gasteiger partial charge in [-0.2, -0.15) is 0 Å². The van der Waals surface area contributed by atoms with E-state index in [1.54, 1.807) is 74.5 Å². The number of aliphatic hydroxyl groups is 2. The lowest BCUT2D eigenvalue weighted by atomic mass is 9.43. The third kappa shape index (κ3) is 9.00. The average molecular weight is 915 g/mol. The van der Waals surface area contributed by atoms with Gasteiger partial charge in [0.15, 0.2) is 11.7 Å². The van der Waals surface area contributed by atoms with E-state index < -0.39 is 88.3 Å². The second kappa shape index (κ2) is 18.9. The molecule has 5 aliphatic rings. The van der Waals surface area contributed by atoms with Crippen LogP contribution in [0.3, 0.4) is 0 Å². The van der Waals surface area contributed by atoms with E-state index in [0.29, 0.717) is 29.7 Å². The molecule has 2 saturated carbocycles. The second-order valence-electron chi connectivity index (χ2n) is 21.3. The number of likely N-dealkylation sites (tertiary alicyclic amines) is 1. The lowest BCUT2D eigenvalue weighted by Crippen LogP contribution is -2.81. The maximum atomic E-state index is 16.3. The fourth-order valence-electron chi connectivity index (χ4n) is 12.2. The number of methoxy groups -OCH3 is 1. The molecule has 1 amide bonds. The lowest BCUT2D eigenvalue weighted by molar-refractivity contribution is -0.347. The van der Waals surface area contributed by atoms with Crippen LogP contribution in [0.4, 0.5) is 0 Å². The molecule has 4 fully saturated rings. The molecule has 0 spiro atoms. The van der Waals surface area contributed by atoms with Gasteiger partial charge in [-0.05, 0) is 87.0 Å². The minimum Gasteiger partial charge on any atom is -0.456 e. The first-order valence-electron chi connectivity index (χ1n) is 23.6. The van der Waals surface area contributed by atoms with E-state index in [4.69, 9.17) is 23.7 Å². The Morgan fingerprint density at radius 3 is 2.17 bits per heavy atom. The molecule has 14 nitrogen and oxygen atoms in total. The summed E-state index contributed by atoms with van der Waals surface area (Å²) in [5.74, 6) is -5.21. The quantitative estimate of drug-likeness (QED) is 0.120.